The lowest BCUT2D eigenvalue weighted by molar-refractivity contribution is -0.143. The van der Waals surface area contributed by atoms with Crippen LogP contribution in [0.3, 0.4) is 0 Å². The summed E-state index contributed by atoms with van der Waals surface area (Å²) in [7, 11) is 0. The largest absolute Gasteiger partial charge is 0.466 e. The smallest absolute Gasteiger partial charge is 0.306 e. The Kier molecular flexibility index (Phi) is 6.01. The van der Waals surface area contributed by atoms with Gasteiger partial charge in [0.15, 0.2) is 0 Å². The number of hydrogen-bond acceptors (Lipinski definition) is 9. The topological polar surface area (TPSA) is 109 Å². The van der Waals surface area contributed by atoms with Crippen molar-refractivity contribution < 1.29 is 13.9 Å². The van der Waals surface area contributed by atoms with Crippen LogP contribution >= 0.6 is 11.3 Å². The third kappa shape index (κ3) is 5.11. The molecule has 0 atom stereocenters. The Bertz CT molecular complexity index is 1050. The van der Waals surface area contributed by atoms with Gasteiger partial charge in [-0.15, -0.1) is 20.4 Å². The molecule has 0 saturated carbocycles. The maximum atomic E-state index is 11.9. The van der Waals surface area contributed by atoms with Crippen LogP contribution in [0.5, 0.6) is 0 Å². The van der Waals surface area contributed by atoms with Gasteiger partial charge in [-0.2, -0.15) is 16.1 Å². The minimum absolute atomic E-state index is 0.186. The number of aromatic nitrogens is 6. The molecule has 0 fully saturated rings. The summed E-state index contributed by atoms with van der Waals surface area (Å²) in [6.07, 6.45) is 1.13. The van der Waals surface area contributed by atoms with Crippen LogP contribution in [-0.4, -0.2) is 43.0 Å². The van der Waals surface area contributed by atoms with Gasteiger partial charge in [0, 0.05) is 29.3 Å². The van der Waals surface area contributed by atoms with Gasteiger partial charge in [0.2, 0.25) is 17.6 Å². The molecule has 3 heterocycles. The molecule has 4 aromatic rings. The minimum Gasteiger partial charge on any atom is -0.466 e. The van der Waals surface area contributed by atoms with Gasteiger partial charge in [0.05, 0.1) is 19.6 Å². The molecule has 0 aliphatic rings. The highest BCUT2D eigenvalue weighted by molar-refractivity contribution is 7.08. The minimum atomic E-state index is -0.309. The average molecular weight is 410 g/mol. The first kappa shape index (κ1) is 18.9. The Morgan fingerprint density at radius 3 is 2.83 bits per heavy atom. The highest BCUT2D eigenvalue weighted by Gasteiger charge is 2.12. The lowest BCUT2D eigenvalue weighted by Crippen LogP contribution is -2.10. The van der Waals surface area contributed by atoms with E-state index in [4.69, 9.17) is 9.15 Å². The number of ether oxygens (including phenoxy) is 1. The lowest BCUT2D eigenvalue weighted by Gasteiger charge is -2.03. The van der Waals surface area contributed by atoms with Crippen molar-refractivity contribution in [1.29, 1.82) is 0 Å². The first-order valence-electron chi connectivity index (χ1n) is 9.12. The predicted octanol–water partition coefficient (Wildman–Crippen LogP) is 3.02. The van der Waals surface area contributed by atoms with Crippen LogP contribution in [0.15, 0.2) is 51.6 Å². The van der Waals surface area contributed by atoms with Crippen molar-refractivity contribution in [3.8, 4) is 22.8 Å². The van der Waals surface area contributed by atoms with Gasteiger partial charge in [0.1, 0.15) is 0 Å². The van der Waals surface area contributed by atoms with Crippen molar-refractivity contribution in [2.24, 2.45) is 0 Å². The summed E-state index contributed by atoms with van der Waals surface area (Å²) in [6, 6.07) is 11.5. The fraction of sp³-hybridized carbons (Fsp3) is 0.263. The maximum Gasteiger partial charge on any atom is 0.306 e. The molecule has 0 aliphatic heterocycles. The third-order valence-electron chi connectivity index (χ3n) is 4.03. The average Bonchev–Trinajstić information content (AvgIpc) is 3.52. The van der Waals surface area contributed by atoms with Crippen LogP contribution in [0.2, 0.25) is 0 Å². The number of carbonyl (C=O) groups excluding carboxylic acids is 1. The second-order valence-corrected chi connectivity index (χ2v) is 6.94. The Morgan fingerprint density at radius 2 is 2.00 bits per heavy atom. The van der Waals surface area contributed by atoms with Gasteiger partial charge in [0.25, 0.3) is 0 Å². The Morgan fingerprint density at radius 1 is 1.10 bits per heavy atom. The molecule has 1 aromatic carbocycles. The molecule has 0 N–H and O–H groups in total. The van der Waals surface area contributed by atoms with Gasteiger partial charge in [-0.1, -0.05) is 30.3 Å². The molecule has 10 heteroatoms. The van der Waals surface area contributed by atoms with Crippen LogP contribution in [0.4, 0.5) is 0 Å². The molecule has 148 valence electrons. The molecule has 0 saturated heterocycles. The zero-order chi connectivity index (χ0) is 19.9. The van der Waals surface area contributed by atoms with E-state index < -0.39 is 0 Å². The summed E-state index contributed by atoms with van der Waals surface area (Å²) in [4.78, 5) is 13.4. The predicted molar refractivity (Wildman–Crippen MR) is 105 cm³/mol. The number of nitrogens with zero attached hydrogens (tertiary/aromatic N) is 6. The summed E-state index contributed by atoms with van der Waals surface area (Å²) in [5.74, 6) is 1.15. The van der Waals surface area contributed by atoms with E-state index >= 15 is 0 Å². The van der Waals surface area contributed by atoms with E-state index in [9.17, 15) is 4.79 Å². The molecule has 0 bridgehead atoms. The van der Waals surface area contributed by atoms with Gasteiger partial charge in [-0.05, 0) is 16.7 Å². The molecular formula is C19H18N6O3S. The maximum absolute atomic E-state index is 11.9. The van der Waals surface area contributed by atoms with Crippen LogP contribution in [-0.2, 0) is 22.5 Å². The normalized spacial score (nSPS) is 10.9. The number of tetrazole rings is 1. The summed E-state index contributed by atoms with van der Waals surface area (Å²) >= 11 is 1.56. The zero-order valence-corrected chi connectivity index (χ0v) is 16.3. The first-order chi connectivity index (χ1) is 14.3. The van der Waals surface area contributed by atoms with E-state index in [1.165, 1.54) is 4.80 Å². The van der Waals surface area contributed by atoms with Crippen molar-refractivity contribution in [1.82, 2.24) is 30.4 Å². The highest BCUT2D eigenvalue weighted by atomic mass is 32.1. The van der Waals surface area contributed by atoms with E-state index in [1.807, 2.05) is 47.2 Å². The number of carbonyl (C=O) groups is 1. The van der Waals surface area contributed by atoms with E-state index in [0.29, 0.717) is 37.0 Å². The summed E-state index contributed by atoms with van der Waals surface area (Å²) < 4.78 is 10.8. The molecule has 0 spiro atoms. The SMILES string of the molecule is O=C(CCc1nnc(-c2ccsc2)o1)OCCCn1nnc(-c2ccccc2)n1. The van der Waals surface area contributed by atoms with Gasteiger partial charge >= 0.3 is 5.97 Å². The van der Waals surface area contributed by atoms with Gasteiger partial charge in [-0.3, -0.25) is 4.79 Å². The zero-order valence-electron chi connectivity index (χ0n) is 15.5. The van der Waals surface area contributed by atoms with Crippen molar-refractivity contribution in [2.45, 2.75) is 25.8 Å². The number of esters is 1. The molecule has 9 nitrogen and oxygen atoms in total. The number of rotatable bonds is 9. The molecule has 29 heavy (non-hydrogen) atoms. The standard InChI is InChI=1S/C19H18N6O3S/c26-17(8-7-16-20-22-19(28-16)15-9-12-29-13-15)27-11-4-10-25-23-18(21-24-25)14-5-2-1-3-6-14/h1-3,5-6,9,12-13H,4,7-8,10-11H2. The highest BCUT2D eigenvalue weighted by Crippen LogP contribution is 2.20. The lowest BCUT2D eigenvalue weighted by atomic mass is 10.2. The van der Waals surface area contributed by atoms with Crippen LogP contribution < -0.4 is 0 Å². The Balaban J connectivity index is 1.16. The van der Waals surface area contributed by atoms with Gasteiger partial charge in [-0.25, -0.2) is 0 Å². The Labute approximate surface area is 170 Å². The third-order valence-corrected chi connectivity index (χ3v) is 4.71. The van der Waals surface area contributed by atoms with E-state index in [2.05, 4.69) is 25.6 Å². The van der Waals surface area contributed by atoms with Crippen LogP contribution in [0.25, 0.3) is 22.8 Å². The Hall–Kier alpha value is -3.40. The molecule has 0 aliphatic carbocycles. The fourth-order valence-corrected chi connectivity index (χ4v) is 3.20. The monoisotopic (exact) mass is 410 g/mol. The van der Waals surface area contributed by atoms with Crippen molar-refractivity contribution in [2.75, 3.05) is 6.61 Å². The number of aryl methyl sites for hydroxylation is 2. The van der Waals surface area contributed by atoms with Crippen LogP contribution in [0.1, 0.15) is 18.7 Å². The molecule has 0 unspecified atom stereocenters. The van der Waals surface area contributed by atoms with Crippen molar-refractivity contribution in [3.63, 3.8) is 0 Å². The number of benzene rings is 1. The summed E-state index contributed by atoms with van der Waals surface area (Å²) in [5.41, 5.74) is 1.79. The van der Waals surface area contributed by atoms with Crippen molar-refractivity contribution in [3.05, 3.63) is 53.0 Å². The second-order valence-electron chi connectivity index (χ2n) is 6.16. The first-order valence-corrected chi connectivity index (χ1v) is 10.1. The van der Waals surface area contributed by atoms with E-state index in [0.717, 1.165) is 11.1 Å². The molecule has 4 rings (SSSR count). The van der Waals surface area contributed by atoms with Gasteiger partial charge < -0.3 is 9.15 Å². The fourth-order valence-electron chi connectivity index (χ4n) is 2.57. The number of thiophene rings is 1. The molecule has 0 amide bonds. The van der Waals surface area contributed by atoms with E-state index in [1.54, 1.807) is 11.3 Å². The second kappa shape index (κ2) is 9.20. The van der Waals surface area contributed by atoms with E-state index in [-0.39, 0.29) is 19.0 Å². The quantitative estimate of drug-likeness (QED) is 0.306. The molecular weight excluding hydrogens is 392 g/mol. The number of hydrogen-bond donors (Lipinski definition) is 0. The molecule has 0 radical (unpaired) electrons. The van der Waals surface area contributed by atoms with Crippen LogP contribution in [0, 0.1) is 0 Å². The molecule has 3 aromatic heterocycles. The van der Waals surface area contributed by atoms with Crippen molar-refractivity contribution >= 4 is 17.3 Å². The summed E-state index contributed by atoms with van der Waals surface area (Å²) in [6.45, 7) is 0.797. The summed E-state index contributed by atoms with van der Waals surface area (Å²) in [5, 5.41) is 24.2.